The molecule has 6 aromatic rings. The number of alkyl halides is 3. The van der Waals surface area contributed by atoms with Crippen molar-refractivity contribution < 1.29 is 67.8 Å². The summed E-state index contributed by atoms with van der Waals surface area (Å²) in [7, 11) is 6.17. The maximum Gasteiger partial charge on any atom is 0.509 e. The summed E-state index contributed by atoms with van der Waals surface area (Å²) < 4.78 is 14.9. The van der Waals surface area contributed by atoms with E-state index in [0.29, 0.717) is 82.7 Å². The number of halogens is 15. The fourth-order valence-electron chi connectivity index (χ4n) is 7.14. The molecule has 0 aliphatic heterocycles. The van der Waals surface area contributed by atoms with E-state index in [1.54, 1.807) is 24.3 Å². The third kappa shape index (κ3) is 37.9. The zero-order valence-electron chi connectivity index (χ0n) is 45.4. The van der Waals surface area contributed by atoms with Crippen molar-refractivity contribution in [2.24, 2.45) is 0 Å². The van der Waals surface area contributed by atoms with E-state index >= 15 is 0 Å². The molecule has 0 saturated heterocycles. The average Bonchev–Trinajstić information content (AvgIpc) is 3.40. The molecule has 26 heteroatoms. The van der Waals surface area contributed by atoms with E-state index in [4.69, 9.17) is 154 Å². The fourth-order valence-corrected chi connectivity index (χ4v) is 8.95. The highest BCUT2D eigenvalue weighted by Crippen LogP contribution is 2.28. The number of aliphatic hydroxyl groups excluding tert-OH is 2. The van der Waals surface area contributed by atoms with Crippen LogP contribution in [-0.2, 0) is 52.8 Å². The van der Waals surface area contributed by atoms with Crippen molar-refractivity contribution in [3.63, 3.8) is 0 Å². The number of likely N-dealkylation sites (N-methyl/N-ethyl adjacent to an activating group) is 3. The van der Waals surface area contributed by atoms with Crippen LogP contribution < -0.4 is 24.8 Å². The Bertz CT molecular complexity index is 2810. The monoisotopic (exact) mass is 1440 g/mol. The van der Waals surface area contributed by atoms with E-state index in [0.717, 1.165) is 51.9 Å². The second-order valence-corrected chi connectivity index (χ2v) is 22.6. The normalized spacial score (nSPS) is 11.5. The third-order valence-corrected chi connectivity index (χ3v) is 14.5. The quantitative estimate of drug-likeness (QED) is 0.0332. The Morgan fingerprint density at radius 3 is 1.17 bits per heavy atom. The Morgan fingerprint density at radius 2 is 0.843 bits per heavy atom. The minimum Gasteiger partial charge on any atom is -1.00 e. The first kappa shape index (κ1) is 82.8. The summed E-state index contributed by atoms with van der Waals surface area (Å²) in [5, 5.41) is 30.9. The molecule has 0 radical (unpaired) electrons. The molecule has 11 nitrogen and oxygen atoms in total. The maximum atomic E-state index is 11.4. The number of rotatable bonds is 20. The number of nitrogens with zero attached hydrogens (tertiary/aromatic N) is 4. The Hall–Kier alpha value is -2.30. The topological polar surface area (TPSA) is 129 Å². The molecule has 0 amide bonds. The molecule has 2 unspecified atom stereocenters. The van der Waals surface area contributed by atoms with Crippen molar-refractivity contribution in [1.82, 2.24) is 4.90 Å². The summed E-state index contributed by atoms with van der Waals surface area (Å²) >= 11 is 73.7. The van der Waals surface area contributed by atoms with Gasteiger partial charge in [-0.3, -0.25) is 4.90 Å². The number of nitriles is 1. The molecule has 0 fully saturated rings. The van der Waals surface area contributed by atoms with Crippen LogP contribution >= 0.6 is 151 Å². The standard InChI is InChI=1S/C19H20Cl4NO3.C17H19Cl3NO.C10H14ClNO.C7H5Cl3.C2H2Cl2O2.C2H3N.2ClH/c1-24(8-9-26-19(25)27-13-20,11-14-2-5-16(21)6-3-14)12-15-4-7-17(22)18(23)10-15;1-21(8-9-22,11-13-2-5-15(18)6-3-13)12-14-4-7-16(19)17(20)10-14;1-12(6-7-13)8-9-2-4-10(11)5-3-9;8-4-5-1-2-6(9)7(10)3-5;3-1-6-2(4)5;1-2-3;;/h2-7,10H,8-9,11-13H2,1H3;2-7,10,22H,8-9,11-12H2,1H3;2-5,13H,6-8H2,1H3;1-3H,4H2;1H2;1H3;2*1H/q2*+1;;;;;;/p-2. The molecule has 0 aliphatic rings. The number of aliphatic hydroxyl groups is 2. The number of quaternary nitrogens is 2. The predicted molar refractivity (Wildman–Crippen MR) is 338 cm³/mol. The van der Waals surface area contributed by atoms with Crippen LogP contribution in [0.3, 0.4) is 0 Å². The van der Waals surface area contributed by atoms with Crippen LogP contribution in [-0.4, -0.2) is 108 Å². The van der Waals surface area contributed by atoms with Gasteiger partial charge in [0.2, 0.25) is 0 Å². The summed E-state index contributed by atoms with van der Waals surface area (Å²) in [5.41, 5.74) is 5.75. The molecule has 458 valence electrons. The summed E-state index contributed by atoms with van der Waals surface area (Å²) in [5.74, 6) is 0.469. The molecule has 2 N–H and O–H groups in total. The smallest absolute Gasteiger partial charge is 0.509 e. The van der Waals surface area contributed by atoms with Crippen LogP contribution in [0.25, 0.3) is 0 Å². The molecule has 0 heterocycles. The van der Waals surface area contributed by atoms with Gasteiger partial charge in [0.05, 0.1) is 63.5 Å². The van der Waals surface area contributed by atoms with Gasteiger partial charge in [-0.1, -0.05) is 182 Å². The number of benzene rings is 6. The second kappa shape index (κ2) is 46.8. The van der Waals surface area contributed by atoms with Gasteiger partial charge >= 0.3 is 11.6 Å². The number of hydrogen-bond acceptors (Lipinski definition) is 9. The van der Waals surface area contributed by atoms with Gasteiger partial charge < -0.3 is 58.2 Å². The van der Waals surface area contributed by atoms with E-state index in [1.807, 2.05) is 116 Å². The van der Waals surface area contributed by atoms with Crippen molar-refractivity contribution in [1.29, 1.82) is 5.26 Å². The molecule has 83 heavy (non-hydrogen) atoms. The highest BCUT2D eigenvalue weighted by atomic mass is 35.5. The zero-order chi connectivity index (χ0) is 61.0. The minimum atomic E-state index is -0.870. The molecule has 0 saturated carbocycles. The van der Waals surface area contributed by atoms with Crippen LogP contribution in [0, 0.1) is 11.3 Å². The molecular weight excluding hydrogens is 1380 g/mol. The van der Waals surface area contributed by atoms with Crippen LogP contribution in [0.4, 0.5) is 9.59 Å². The number of ether oxygens (including phenoxy) is 3. The highest BCUT2D eigenvalue weighted by Gasteiger charge is 2.25. The first-order valence-electron chi connectivity index (χ1n) is 24.1. The van der Waals surface area contributed by atoms with E-state index in [1.165, 1.54) is 18.1 Å². The van der Waals surface area contributed by atoms with Gasteiger partial charge in [0.1, 0.15) is 45.9 Å². The van der Waals surface area contributed by atoms with E-state index in [2.05, 4.69) is 40.1 Å². The molecule has 6 rings (SSSR count). The second-order valence-electron chi connectivity index (χ2n) is 17.8. The van der Waals surface area contributed by atoms with E-state index < -0.39 is 11.6 Å². The van der Waals surface area contributed by atoms with Gasteiger partial charge in [0.15, 0.2) is 12.1 Å². The molecule has 2 atom stereocenters. The molecular formula is C57H63Cl15N4O7. The number of carbonyl (C=O) groups excluding carboxylic acids is 2. The Morgan fingerprint density at radius 1 is 0.506 bits per heavy atom. The zero-order valence-corrected chi connectivity index (χ0v) is 56.8. The first-order chi connectivity index (χ1) is 38.4. The summed E-state index contributed by atoms with van der Waals surface area (Å²) in [6.45, 7) is 7.68. The number of carbonyl (C=O) groups is 2. The van der Waals surface area contributed by atoms with Crippen molar-refractivity contribution in [2.75, 3.05) is 72.7 Å². The van der Waals surface area contributed by atoms with E-state index in [9.17, 15) is 14.7 Å². The van der Waals surface area contributed by atoms with Gasteiger partial charge in [0, 0.05) is 74.8 Å². The Kier molecular flexibility index (Phi) is 46.7. The van der Waals surface area contributed by atoms with Crippen molar-refractivity contribution in [3.05, 3.63) is 206 Å². The molecule has 0 bridgehead atoms. The highest BCUT2D eigenvalue weighted by molar-refractivity contribution is 6.61. The van der Waals surface area contributed by atoms with Crippen LogP contribution in [0.15, 0.2) is 127 Å². The Labute approximate surface area is 565 Å². The SMILES string of the molecule is CC#N.CN(CCO)Cc1ccc(Cl)cc1.C[N+](CCO)(Cc1ccc(Cl)cc1)Cc1ccc(Cl)c(Cl)c1.C[N+](CCOC(=O)OCCl)(Cc1ccc(Cl)cc1)Cc1ccc(Cl)c(Cl)c1.ClCc1ccc(Cl)c(Cl)c1.O=C(Cl)OCCl.[Cl-].[Cl-]. The largest absolute Gasteiger partial charge is 1.00 e. The van der Waals surface area contributed by atoms with Gasteiger partial charge in [-0.05, 0) is 91.0 Å². The lowest BCUT2D eigenvalue weighted by Gasteiger charge is -2.34. The lowest BCUT2D eigenvalue weighted by molar-refractivity contribution is -0.935. The predicted octanol–water partition coefficient (Wildman–Crippen LogP) is 12.5. The maximum absolute atomic E-state index is 11.4. The summed E-state index contributed by atoms with van der Waals surface area (Å²) in [6.07, 6.45) is -0.780. The summed E-state index contributed by atoms with van der Waals surface area (Å²) in [6, 6.07) is 41.2. The van der Waals surface area contributed by atoms with E-state index in [-0.39, 0.29) is 56.8 Å². The fraction of sp³-hybridized carbons (Fsp3) is 0.316. The van der Waals surface area contributed by atoms with Crippen molar-refractivity contribution in [3.8, 4) is 6.07 Å². The molecule has 0 aliphatic carbocycles. The van der Waals surface area contributed by atoms with Gasteiger partial charge in [-0.15, -0.1) is 11.6 Å². The lowest BCUT2D eigenvalue weighted by Crippen LogP contribution is -3.00. The van der Waals surface area contributed by atoms with Crippen LogP contribution in [0.5, 0.6) is 0 Å². The summed E-state index contributed by atoms with van der Waals surface area (Å²) in [4.78, 5) is 22.9. The average molecular weight is 1450 g/mol. The van der Waals surface area contributed by atoms with Gasteiger partial charge in [0.25, 0.3) is 0 Å². The molecule has 0 aromatic heterocycles. The minimum absolute atomic E-state index is 0. The first-order valence-corrected chi connectivity index (χ1v) is 29.5. The van der Waals surface area contributed by atoms with Crippen molar-refractivity contribution >= 4 is 162 Å². The van der Waals surface area contributed by atoms with Gasteiger partial charge in [-0.2, -0.15) is 5.26 Å². The molecule has 6 aromatic carbocycles. The number of hydrogen-bond donors (Lipinski definition) is 2. The van der Waals surface area contributed by atoms with Crippen molar-refractivity contribution in [2.45, 2.75) is 45.5 Å². The Balaban J connectivity index is 0. The third-order valence-electron chi connectivity index (χ3n) is 10.9. The molecule has 0 spiro atoms. The lowest BCUT2D eigenvalue weighted by atomic mass is 10.1. The van der Waals surface area contributed by atoms with Crippen LogP contribution in [0.2, 0.25) is 45.2 Å². The van der Waals surface area contributed by atoms with Gasteiger partial charge in [-0.25, -0.2) is 9.59 Å². The van der Waals surface area contributed by atoms with Crippen LogP contribution in [0.1, 0.15) is 40.3 Å².